The Hall–Kier alpha value is -1.06. The van der Waals surface area contributed by atoms with E-state index in [1.807, 2.05) is 0 Å². The first-order valence-electron chi connectivity index (χ1n) is 5.39. The van der Waals surface area contributed by atoms with Crippen molar-refractivity contribution < 1.29 is 19.1 Å². The lowest BCUT2D eigenvalue weighted by molar-refractivity contribution is -0.157. The van der Waals surface area contributed by atoms with Crippen molar-refractivity contribution >= 4 is 11.9 Å². The second-order valence-electron chi connectivity index (χ2n) is 3.56. The van der Waals surface area contributed by atoms with Crippen molar-refractivity contribution in [1.82, 2.24) is 0 Å². The molecule has 0 aromatic carbocycles. The number of rotatable bonds is 7. The number of carbonyl (C=O) groups excluding carboxylic acids is 2. The standard InChI is InChI=1S/C11H20O4/c1-4-5-6-7-11(13)15-9(2)8-14-10(3)12/h9H,4-8H2,1-3H3. The molecule has 0 aromatic heterocycles. The van der Waals surface area contributed by atoms with Gasteiger partial charge in [-0.05, 0) is 13.3 Å². The van der Waals surface area contributed by atoms with Crippen LogP contribution in [-0.4, -0.2) is 24.6 Å². The Bertz CT molecular complexity index is 201. The van der Waals surface area contributed by atoms with Gasteiger partial charge in [0.15, 0.2) is 0 Å². The van der Waals surface area contributed by atoms with Crippen LogP contribution in [0.25, 0.3) is 0 Å². The Labute approximate surface area is 90.9 Å². The van der Waals surface area contributed by atoms with E-state index in [4.69, 9.17) is 9.47 Å². The van der Waals surface area contributed by atoms with E-state index in [0.717, 1.165) is 19.3 Å². The van der Waals surface area contributed by atoms with Gasteiger partial charge in [-0.25, -0.2) is 0 Å². The van der Waals surface area contributed by atoms with Gasteiger partial charge < -0.3 is 9.47 Å². The van der Waals surface area contributed by atoms with E-state index < -0.39 is 0 Å². The zero-order valence-electron chi connectivity index (χ0n) is 9.75. The lowest BCUT2D eigenvalue weighted by Crippen LogP contribution is -2.21. The van der Waals surface area contributed by atoms with E-state index in [0.29, 0.717) is 6.42 Å². The minimum atomic E-state index is -0.358. The highest BCUT2D eigenvalue weighted by Gasteiger charge is 2.10. The third kappa shape index (κ3) is 9.25. The van der Waals surface area contributed by atoms with Crippen LogP contribution in [0.3, 0.4) is 0 Å². The van der Waals surface area contributed by atoms with Crippen LogP contribution in [0, 0.1) is 0 Å². The molecule has 0 saturated carbocycles. The van der Waals surface area contributed by atoms with Crippen LogP contribution in [0.1, 0.15) is 46.5 Å². The molecule has 15 heavy (non-hydrogen) atoms. The quantitative estimate of drug-likeness (QED) is 0.483. The number of carbonyl (C=O) groups is 2. The maximum absolute atomic E-state index is 11.2. The van der Waals surface area contributed by atoms with Crippen molar-refractivity contribution in [3.63, 3.8) is 0 Å². The fourth-order valence-electron chi connectivity index (χ4n) is 1.07. The maximum Gasteiger partial charge on any atom is 0.306 e. The largest absolute Gasteiger partial charge is 0.462 e. The van der Waals surface area contributed by atoms with E-state index in [-0.39, 0.29) is 24.6 Å². The zero-order valence-corrected chi connectivity index (χ0v) is 9.75. The van der Waals surface area contributed by atoms with Crippen LogP contribution >= 0.6 is 0 Å². The van der Waals surface area contributed by atoms with Gasteiger partial charge in [-0.2, -0.15) is 0 Å². The molecular formula is C11H20O4. The Kier molecular flexibility index (Phi) is 7.68. The summed E-state index contributed by atoms with van der Waals surface area (Å²) in [5, 5.41) is 0. The lowest BCUT2D eigenvalue weighted by Gasteiger charge is -2.12. The van der Waals surface area contributed by atoms with Crippen LogP contribution in [0.4, 0.5) is 0 Å². The molecule has 0 rings (SSSR count). The van der Waals surface area contributed by atoms with Crippen molar-refractivity contribution in [3.8, 4) is 0 Å². The van der Waals surface area contributed by atoms with Gasteiger partial charge in [0.1, 0.15) is 12.7 Å². The lowest BCUT2D eigenvalue weighted by atomic mass is 10.2. The summed E-state index contributed by atoms with van der Waals surface area (Å²) in [6.45, 7) is 5.25. The predicted molar refractivity (Wildman–Crippen MR) is 56.3 cm³/mol. The molecule has 0 aliphatic carbocycles. The molecule has 1 unspecified atom stereocenters. The third-order valence-corrected chi connectivity index (χ3v) is 1.84. The van der Waals surface area contributed by atoms with Crippen LogP contribution in [0.15, 0.2) is 0 Å². The molecule has 0 bridgehead atoms. The number of hydrogen-bond donors (Lipinski definition) is 0. The molecule has 0 aromatic rings. The van der Waals surface area contributed by atoms with Gasteiger partial charge in [0, 0.05) is 13.3 Å². The fraction of sp³-hybridized carbons (Fsp3) is 0.818. The van der Waals surface area contributed by atoms with E-state index >= 15 is 0 Å². The minimum absolute atomic E-state index is 0.134. The monoisotopic (exact) mass is 216 g/mol. The number of hydrogen-bond acceptors (Lipinski definition) is 4. The average Bonchev–Trinajstić information content (AvgIpc) is 2.15. The molecule has 0 amide bonds. The first kappa shape index (κ1) is 13.9. The first-order chi connectivity index (χ1) is 7.06. The third-order valence-electron chi connectivity index (χ3n) is 1.84. The van der Waals surface area contributed by atoms with Gasteiger partial charge in [0.05, 0.1) is 0 Å². The van der Waals surface area contributed by atoms with Crippen LogP contribution in [-0.2, 0) is 19.1 Å². The summed E-state index contributed by atoms with van der Waals surface area (Å²) in [6.07, 6.45) is 3.06. The van der Waals surface area contributed by atoms with Crippen molar-refractivity contribution in [1.29, 1.82) is 0 Å². The Balaban J connectivity index is 3.53. The summed E-state index contributed by atoms with van der Waals surface area (Å²) in [5.74, 6) is -0.577. The second-order valence-corrected chi connectivity index (χ2v) is 3.56. The summed E-state index contributed by atoms with van der Waals surface area (Å²) >= 11 is 0. The van der Waals surface area contributed by atoms with Crippen molar-refractivity contribution in [3.05, 3.63) is 0 Å². The number of esters is 2. The SMILES string of the molecule is CCCCCC(=O)OC(C)COC(C)=O. The summed E-state index contributed by atoms with van der Waals surface area (Å²) in [6, 6.07) is 0. The highest BCUT2D eigenvalue weighted by molar-refractivity contribution is 5.69. The number of ether oxygens (including phenoxy) is 2. The molecule has 88 valence electrons. The predicted octanol–water partition coefficient (Wildman–Crippen LogP) is 2.06. The summed E-state index contributed by atoms with van der Waals surface area (Å²) in [7, 11) is 0. The highest BCUT2D eigenvalue weighted by Crippen LogP contribution is 2.03. The molecule has 0 spiro atoms. The van der Waals surface area contributed by atoms with Crippen molar-refractivity contribution in [2.75, 3.05) is 6.61 Å². The summed E-state index contributed by atoms with van der Waals surface area (Å²) < 4.78 is 9.75. The molecule has 0 heterocycles. The van der Waals surface area contributed by atoms with Gasteiger partial charge in [0.2, 0.25) is 0 Å². The maximum atomic E-state index is 11.2. The van der Waals surface area contributed by atoms with Gasteiger partial charge in [-0.15, -0.1) is 0 Å². The summed E-state index contributed by atoms with van der Waals surface area (Å²) in [4.78, 5) is 21.7. The van der Waals surface area contributed by atoms with E-state index in [2.05, 4.69) is 6.92 Å². The van der Waals surface area contributed by atoms with Crippen molar-refractivity contribution in [2.24, 2.45) is 0 Å². The normalized spacial score (nSPS) is 11.9. The van der Waals surface area contributed by atoms with Gasteiger partial charge >= 0.3 is 11.9 Å². The molecule has 0 aliphatic heterocycles. The van der Waals surface area contributed by atoms with Crippen molar-refractivity contribution in [2.45, 2.75) is 52.6 Å². The molecule has 1 atom stereocenters. The van der Waals surface area contributed by atoms with Gasteiger partial charge in [0.25, 0.3) is 0 Å². The second kappa shape index (κ2) is 8.26. The van der Waals surface area contributed by atoms with E-state index in [1.54, 1.807) is 6.92 Å². The van der Waals surface area contributed by atoms with Crippen LogP contribution in [0.2, 0.25) is 0 Å². The zero-order chi connectivity index (χ0) is 11.7. The van der Waals surface area contributed by atoms with Crippen LogP contribution in [0.5, 0.6) is 0 Å². The number of unbranched alkanes of at least 4 members (excludes halogenated alkanes) is 2. The van der Waals surface area contributed by atoms with E-state index in [9.17, 15) is 9.59 Å². The Morgan fingerprint density at radius 2 is 1.93 bits per heavy atom. The minimum Gasteiger partial charge on any atom is -0.462 e. The molecule has 4 heteroatoms. The Morgan fingerprint density at radius 3 is 2.47 bits per heavy atom. The molecule has 4 nitrogen and oxygen atoms in total. The highest BCUT2D eigenvalue weighted by atomic mass is 16.6. The van der Waals surface area contributed by atoms with Crippen LogP contribution < -0.4 is 0 Å². The summed E-state index contributed by atoms with van der Waals surface area (Å²) in [5.41, 5.74) is 0. The average molecular weight is 216 g/mol. The topological polar surface area (TPSA) is 52.6 Å². The molecular weight excluding hydrogens is 196 g/mol. The van der Waals surface area contributed by atoms with E-state index in [1.165, 1.54) is 6.92 Å². The molecule has 0 aliphatic rings. The fourth-order valence-corrected chi connectivity index (χ4v) is 1.07. The first-order valence-corrected chi connectivity index (χ1v) is 5.39. The molecule has 0 radical (unpaired) electrons. The Morgan fingerprint density at radius 1 is 1.27 bits per heavy atom. The molecule has 0 saturated heterocycles. The molecule has 0 N–H and O–H groups in total. The molecule has 0 fully saturated rings. The van der Waals surface area contributed by atoms with Gasteiger partial charge in [-0.1, -0.05) is 19.8 Å². The van der Waals surface area contributed by atoms with Gasteiger partial charge in [-0.3, -0.25) is 9.59 Å². The smallest absolute Gasteiger partial charge is 0.306 e.